The van der Waals surface area contributed by atoms with Gasteiger partial charge in [0, 0.05) is 37.2 Å². The first kappa shape index (κ1) is 23.0. The van der Waals surface area contributed by atoms with Crippen LogP contribution in [0.1, 0.15) is 24.2 Å². The van der Waals surface area contributed by atoms with Gasteiger partial charge in [-0.25, -0.2) is 18.7 Å². The number of benzene rings is 2. The van der Waals surface area contributed by atoms with Crippen LogP contribution < -0.4 is 4.74 Å². The van der Waals surface area contributed by atoms with E-state index in [2.05, 4.69) is 20.1 Å². The predicted molar refractivity (Wildman–Crippen MR) is 138 cm³/mol. The molecule has 1 N–H and O–H groups in total. The molecule has 192 valence electrons. The summed E-state index contributed by atoms with van der Waals surface area (Å²) in [6, 6.07) is 9.54. The fourth-order valence-electron chi connectivity index (χ4n) is 5.24. The predicted octanol–water partition coefficient (Wildman–Crippen LogP) is 5.93. The van der Waals surface area contributed by atoms with Gasteiger partial charge in [0.15, 0.2) is 0 Å². The first-order chi connectivity index (χ1) is 18.4. The van der Waals surface area contributed by atoms with Crippen LogP contribution in [-0.4, -0.2) is 48.9 Å². The molecule has 1 fully saturated rings. The lowest BCUT2D eigenvalue weighted by atomic mass is 9.81. The Kier molecular flexibility index (Phi) is 5.26. The van der Waals surface area contributed by atoms with Crippen molar-refractivity contribution in [2.45, 2.75) is 32.2 Å². The van der Waals surface area contributed by atoms with E-state index in [4.69, 9.17) is 14.5 Å². The Morgan fingerprint density at radius 2 is 2.00 bits per heavy atom. The van der Waals surface area contributed by atoms with Crippen LogP contribution in [0.4, 0.5) is 8.78 Å². The van der Waals surface area contributed by atoms with Crippen molar-refractivity contribution in [2.24, 2.45) is 5.92 Å². The van der Waals surface area contributed by atoms with Gasteiger partial charge < -0.3 is 14.5 Å². The van der Waals surface area contributed by atoms with E-state index in [-0.39, 0.29) is 18.8 Å². The monoisotopic (exact) mass is 514 g/mol. The molecule has 8 nitrogen and oxygen atoms in total. The Morgan fingerprint density at radius 1 is 1.13 bits per heavy atom. The number of ether oxygens (including phenoxy) is 2. The summed E-state index contributed by atoms with van der Waals surface area (Å²) < 4.78 is 40.2. The van der Waals surface area contributed by atoms with Gasteiger partial charge in [0.25, 0.3) is 0 Å². The zero-order valence-corrected chi connectivity index (χ0v) is 20.6. The summed E-state index contributed by atoms with van der Waals surface area (Å²) in [5.74, 6) is -0.437. The standard InChI is InChI=1S/C28H24F2N6O2/c1-16-33-21-3-2-20(8-23(21)34-16)38-25-5-4-22-27(26(25)18-6-7-37-15-18)35-24(12-31-22)19-11-32-36(14-19)13-17-9-28(29,30)10-17/h2-6,8,11-12,14,17H,7,9-10,13,15H2,1H3,(H,33,34). The zero-order chi connectivity index (χ0) is 25.9. The molecule has 1 aliphatic carbocycles. The first-order valence-electron chi connectivity index (χ1n) is 12.5. The molecule has 0 saturated heterocycles. The molecule has 38 heavy (non-hydrogen) atoms. The van der Waals surface area contributed by atoms with Crippen molar-refractivity contribution in [3.63, 3.8) is 0 Å². The molecular weight excluding hydrogens is 490 g/mol. The maximum Gasteiger partial charge on any atom is 0.248 e. The highest BCUT2D eigenvalue weighted by Crippen LogP contribution is 2.43. The number of fused-ring (bicyclic) bond motifs is 2. The molecule has 3 aromatic heterocycles. The van der Waals surface area contributed by atoms with Gasteiger partial charge in [0.2, 0.25) is 5.92 Å². The van der Waals surface area contributed by atoms with E-state index in [1.165, 1.54) is 0 Å². The Hall–Kier alpha value is -4.18. The summed E-state index contributed by atoms with van der Waals surface area (Å²) in [5.41, 5.74) is 6.44. The number of hydrogen-bond acceptors (Lipinski definition) is 6. The molecule has 0 atom stereocenters. The second kappa shape index (κ2) is 8.70. The van der Waals surface area contributed by atoms with Crippen molar-refractivity contribution >= 4 is 27.6 Å². The smallest absolute Gasteiger partial charge is 0.248 e. The van der Waals surface area contributed by atoms with Crippen LogP contribution in [0.3, 0.4) is 0 Å². The van der Waals surface area contributed by atoms with E-state index >= 15 is 0 Å². The average Bonchev–Trinajstić information content (AvgIpc) is 3.63. The number of hydrogen-bond donors (Lipinski definition) is 1. The summed E-state index contributed by atoms with van der Waals surface area (Å²) in [7, 11) is 0. The molecule has 1 aliphatic heterocycles. The Balaban J connectivity index is 1.25. The molecule has 4 heterocycles. The van der Waals surface area contributed by atoms with Crippen LogP contribution in [0.15, 0.2) is 55.0 Å². The number of nitrogens with zero attached hydrogens (tertiary/aromatic N) is 5. The molecule has 0 amide bonds. The highest BCUT2D eigenvalue weighted by atomic mass is 19.3. The third-order valence-corrected chi connectivity index (χ3v) is 7.05. The van der Waals surface area contributed by atoms with Crippen LogP contribution in [0.25, 0.3) is 38.9 Å². The van der Waals surface area contributed by atoms with E-state index in [0.717, 1.165) is 39.1 Å². The third kappa shape index (κ3) is 4.20. The lowest BCUT2D eigenvalue weighted by Gasteiger charge is -2.34. The normalized spacial score (nSPS) is 17.2. The van der Waals surface area contributed by atoms with Crippen molar-refractivity contribution < 1.29 is 18.3 Å². The second-order valence-electron chi connectivity index (χ2n) is 9.99. The maximum atomic E-state index is 13.2. The second-order valence-corrected chi connectivity index (χ2v) is 9.99. The van der Waals surface area contributed by atoms with Crippen molar-refractivity contribution in [3.8, 4) is 22.8 Å². The van der Waals surface area contributed by atoms with Gasteiger partial charge in [-0.2, -0.15) is 5.10 Å². The fraction of sp³-hybridized carbons (Fsp3) is 0.286. The maximum absolute atomic E-state index is 13.2. The molecule has 0 spiro atoms. The minimum atomic E-state index is -2.54. The minimum Gasteiger partial charge on any atom is -0.457 e. The molecular formula is C28H24F2N6O2. The number of aromatic amines is 1. The van der Waals surface area contributed by atoms with E-state index in [9.17, 15) is 8.78 Å². The lowest BCUT2D eigenvalue weighted by molar-refractivity contribution is -0.114. The Bertz CT molecular complexity index is 1720. The van der Waals surface area contributed by atoms with Gasteiger partial charge in [-0.3, -0.25) is 9.67 Å². The molecule has 7 rings (SSSR count). The van der Waals surface area contributed by atoms with Crippen LogP contribution in [0, 0.1) is 12.8 Å². The van der Waals surface area contributed by atoms with Crippen LogP contribution in [0.5, 0.6) is 11.5 Å². The summed E-state index contributed by atoms with van der Waals surface area (Å²) in [6.45, 7) is 3.35. The van der Waals surface area contributed by atoms with Crippen LogP contribution in [0.2, 0.25) is 0 Å². The molecule has 2 aromatic carbocycles. The molecule has 0 unspecified atom stereocenters. The SMILES string of the molecule is Cc1nc2ccc(Oc3ccc4ncc(-c5cnn(CC6CC(F)(F)C6)c5)nc4c3C3=CCOC3)cc2[nH]1. The van der Waals surface area contributed by atoms with Crippen LogP contribution in [-0.2, 0) is 11.3 Å². The third-order valence-electron chi connectivity index (χ3n) is 7.05. The minimum absolute atomic E-state index is 0.0639. The Morgan fingerprint density at radius 3 is 2.82 bits per heavy atom. The molecule has 0 bridgehead atoms. The van der Waals surface area contributed by atoms with Crippen molar-refractivity contribution in [1.29, 1.82) is 0 Å². The number of alkyl halides is 2. The summed E-state index contributed by atoms with van der Waals surface area (Å²) in [4.78, 5) is 17.3. The topological polar surface area (TPSA) is 90.7 Å². The number of halogens is 2. The number of nitrogens with one attached hydrogen (secondary N) is 1. The fourth-order valence-corrected chi connectivity index (χ4v) is 5.24. The number of imidazole rings is 1. The first-order valence-corrected chi connectivity index (χ1v) is 12.5. The summed E-state index contributed by atoms with van der Waals surface area (Å²) >= 11 is 0. The van der Waals surface area contributed by atoms with Crippen molar-refractivity contribution in [1.82, 2.24) is 29.7 Å². The Labute approximate surface area is 216 Å². The molecule has 2 aliphatic rings. The average molecular weight is 515 g/mol. The van der Waals surface area contributed by atoms with Gasteiger partial charge in [-0.15, -0.1) is 0 Å². The number of aromatic nitrogens is 6. The highest BCUT2D eigenvalue weighted by molar-refractivity contribution is 5.93. The molecule has 10 heteroatoms. The lowest BCUT2D eigenvalue weighted by Crippen LogP contribution is -2.37. The van der Waals surface area contributed by atoms with E-state index < -0.39 is 5.92 Å². The van der Waals surface area contributed by atoms with Gasteiger partial charge in [0.1, 0.15) is 22.8 Å². The highest BCUT2D eigenvalue weighted by Gasteiger charge is 2.45. The van der Waals surface area contributed by atoms with E-state index in [1.54, 1.807) is 17.1 Å². The summed E-state index contributed by atoms with van der Waals surface area (Å²) in [6.07, 6.45) is 7.10. The largest absolute Gasteiger partial charge is 0.457 e. The van der Waals surface area contributed by atoms with Gasteiger partial charge in [0.05, 0.1) is 53.4 Å². The summed E-state index contributed by atoms with van der Waals surface area (Å²) in [5, 5.41) is 4.38. The number of aryl methyl sites for hydroxylation is 1. The van der Waals surface area contributed by atoms with E-state index in [1.807, 2.05) is 49.5 Å². The van der Waals surface area contributed by atoms with Gasteiger partial charge in [-0.1, -0.05) is 6.08 Å². The van der Waals surface area contributed by atoms with Gasteiger partial charge in [-0.05, 0) is 42.7 Å². The van der Waals surface area contributed by atoms with E-state index in [0.29, 0.717) is 42.5 Å². The number of H-pyrrole nitrogens is 1. The zero-order valence-electron chi connectivity index (χ0n) is 20.6. The molecule has 1 saturated carbocycles. The molecule has 5 aromatic rings. The quantitative estimate of drug-likeness (QED) is 0.302. The van der Waals surface area contributed by atoms with Crippen molar-refractivity contribution in [3.05, 3.63) is 66.4 Å². The number of rotatable bonds is 6. The molecule has 0 radical (unpaired) electrons. The van der Waals surface area contributed by atoms with Crippen LogP contribution >= 0.6 is 0 Å². The van der Waals surface area contributed by atoms with Gasteiger partial charge >= 0.3 is 0 Å². The van der Waals surface area contributed by atoms with Crippen molar-refractivity contribution in [2.75, 3.05) is 13.2 Å².